The number of rotatable bonds is 20. The average Bonchev–Trinajstić information content (AvgIpc) is 2.63. The third-order valence-corrected chi connectivity index (χ3v) is 8.37. The number of carbonyl (C=O) groups is 1. The van der Waals surface area contributed by atoms with Gasteiger partial charge in [-0.1, -0.05) is 115 Å². The normalized spacial score (nSPS) is 12.0. The molecule has 0 aliphatic heterocycles. The second-order valence-corrected chi connectivity index (χ2v) is 21.5. The highest BCUT2D eigenvalue weighted by molar-refractivity contribution is 14.1. The van der Waals surface area contributed by atoms with Crippen molar-refractivity contribution in [2.75, 3.05) is 6.61 Å². The molecular weight excluding hydrogens is 475 g/mol. The highest BCUT2D eigenvalue weighted by Gasteiger charge is 2.14. The van der Waals surface area contributed by atoms with Crippen molar-refractivity contribution in [3.63, 3.8) is 0 Å². The number of halogens is 1. The lowest BCUT2D eigenvalue weighted by atomic mass is 10.0. The molecule has 28 heavy (non-hydrogen) atoms. The molecule has 0 saturated carbocycles. The highest BCUT2D eigenvalue weighted by atomic mass is 127. The largest absolute Gasteiger partial charge is 0.463 e. The van der Waals surface area contributed by atoms with Gasteiger partial charge in [0.15, 0.2) is 0 Å². The number of ether oxygens (including phenoxy) is 1. The summed E-state index contributed by atoms with van der Waals surface area (Å²) in [7, 11) is 0. The van der Waals surface area contributed by atoms with Gasteiger partial charge in [0.05, 0.1) is 6.61 Å². The summed E-state index contributed by atoms with van der Waals surface area (Å²) < 4.78 is 5.09. The van der Waals surface area contributed by atoms with Crippen molar-refractivity contribution in [1.82, 2.24) is 0 Å². The van der Waals surface area contributed by atoms with Crippen LogP contribution in [-0.4, -0.2) is 18.1 Å². The van der Waals surface area contributed by atoms with Gasteiger partial charge in [0.1, 0.15) is 5.57 Å². The quantitative estimate of drug-likeness (QED) is 0.0398. The van der Waals surface area contributed by atoms with E-state index in [9.17, 15) is 4.79 Å². The molecule has 0 atom stereocenters. The van der Waals surface area contributed by atoms with Crippen molar-refractivity contribution in [1.29, 1.82) is 0 Å². The van der Waals surface area contributed by atoms with Crippen LogP contribution in [0.15, 0.2) is 12.2 Å². The Kier molecular flexibility index (Phi) is 20.5. The molecule has 0 aromatic heterocycles. The maximum absolute atomic E-state index is 11.1. The molecule has 0 spiro atoms. The summed E-state index contributed by atoms with van der Waals surface area (Å²) >= 11 is 2.71. The van der Waals surface area contributed by atoms with E-state index in [-0.39, 0.29) is 5.97 Å². The third-order valence-electron chi connectivity index (χ3n) is 5.21. The van der Waals surface area contributed by atoms with Gasteiger partial charge in [0.25, 0.3) is 0 Å². The van der Waals surface area contributed by atoms with Crippen LogP contribution < -0.4 is 0 Å². The molecule has 166 valence electrons. The van der Waals surface area contributed by atoms with E-state index in [4.69, 9.17) is 4.74 Å². The van der Waals surface area contributed by atoms with Crippen molar-refractivity contribution in [2.24, 2.45) is 0 Å². The van der Waals surface area contributed by atoms with Crippen LogP contribution in [0.3, 0.4) is 0 Å². The molecule has 0 unspecified atom stereocenters. The first-order valence-electron chi connectivity index (χ1n) is 11.9. The Morgan fingerprint density at radius 2 is 1.07 bits per heavy atom. The fourth-order valence-electron chi connectivity index (χ4n) is 3.48. The maximum atomic E-state index is 11.1. The first-order valence-corrected chi connectivity index (χ1v) is 18.3. The molecule has 4 heteroatoms. The zero-order valence-corrected chi connectivity index (χ0v) is 22.2. The average molecular weight is 523 g/mol. The summed E-state index contributed by atoms with van der Waals surface area (Å²) in [6.07, 6.45) is 25.2. The van der Waals surface area contributed by atoms with Gasteiger partial charge in [-0.05, 0) is 19.4 Å². The molecule has 0 rings (SSSR count). The van der Waals surface area contributed by atoms with Gasteiger partial charge in [-0.25, -0.2) is 4.79 Å². The number of esters is 1. The van der Waals surface area contributed by atoms with E-state index in [1.54, 1.807) is 6.08 Å². The van der Waals surface area contributed by atoms with E-state index in [0.717, 1.165) is 6.42 Å². The topological polar surface area (TPSA) is 26.3 Å². The number of carbonyl (C=O) groups excluding carboxylic acids is 1. The number of hydrogen-bond acceptors (Lipinski definition) is 2. The molecular formula is C24H47IO2Si. The Balaban J connectivity index is 3.09. The standard InChI is InChI=1S/C24H47IO2Si/c1-4-21-24(26)27-22-19-17-15-13-11-9-7-5-6-8-10-12-14-16-18-20-23-28(2,3)25/h4,21H,5-20,22-23H2,1-3H3. The van der Waals surface area contributed by atoms with Crippen LogP contribution in [0.5, 0.6) is 0 Å². The van der Waals surface area contributed by atoms with Crippen LogP contribution in [0.25, 0.3) is 0 Å². The lowest BCUT2D eigenvalue weighted by Gasteiger charge is -2.12. The van der Waals surface area contributed by atoms with Crippen molar-refractivity contribution >= 4 is 33.3 Å². The molecule has 0 fully saturated rings. The maximum Gasteiger partial charge on any atom is 0.330 e. The lowest BCUT2D eigenvalue weighted by molar-refractivity contribution is -0.137. The summed E-state index contributed by atoms with van der Waals surface area (Å²) in [6, 6.07) is 1.50. The first-order chi connectivity index (χ1) is 13.5. The molecule has 0 saturated heterocycles. The minimum absolute atomic E-state index is 0.209. The van der Waals surface area contributed by atoms with Crippen LogP contribution in [0.2, 0.25) is 19.1 Å². The second kappa shape index (κ2) is 20.4. The van der Waals surface area contributed by atoms with Gasteiger partial charge in [-0.2, -0.15) is 0 Å². The summed E-state index contributed by atoms with van der Waals surface area (Å²) in [4.78, 5) is 11.1. The van der Waals surface area contributed by atoms with E-state index in [0.29, 0.717) is 6.61 Å². The van der Waals surface area contributed by atoms with Gasteiger partial charge < -0.3 is 4.74 Å². The van der Waals surface area contributed by atoms with Gasteiger partial charge in [-0.15, -0.1) is 21.8 Å². The van der Waals surface area contributed by atoms with E-state index < -0.39 is 5.57 Å². The molecule has 0 bridgehead atoms. The van der Waals surface area contributed by atoms with Crippen LogP contribution in [-0.2, 0) is 9.53 Å². The molecule has 0 aliphatic rings. The van der Waals surface area contributed by atoms with Gasteiger partial charge >= 0.3 is 5.97 Å². The Morgan fingerprint density at radius 3 is 1.43 bits per heavy atom. The van der Waals surface area contributed by atoms with Crippen molar-refractivity contribution in [3.05, 3.63) is 12.2 Å². The molecule has 0 aromatic carbocycles. The van der Waals surface area contributed by atoms with Crippen molar-refractivity contribution in [3.8, 4) is 0 Å². The monoisotopic (exact) mass is 522 g/mol. The molecule has 0 heterocycles. The van der Waals surface area contributed by atoms with Gasteiger partial charge in [0.2, 0.25) is 0 Å². The zero-order valence-electron chi connectivity index (χ0n) is 19.1. The Bertz CT molecular complexity index is 377. The Morgan fingerprint density at radius 1 is 0.714 bits per heavy atom. The van der Waals surface area contributed by atoms with E-state index in [1.807, 2.05) is 6.92 Å². The minimum Gasteiger partial charge on any atom is -0.463 e. The fourth-order valence-corrected chi connectivity index (χ4v) is 5.71. The summed E-state index contributed by atoms with van der Waals surface area (Å²) in [6.45, 7) is 7.35. The Labute approximate surface area is 189 Å². The summed E-state index contributed by atoms with van der Waals surface area (Å²) in [5.41, 5.74) is -0.823. The SMILES string of the molecule is CC=CC(=O)OCCCCCCCCCCCCCCCCCC[Si](C)(C)I. The van der Waals surface area contributed by atoms with Crippen LogP contribution in [0, 0.1) is 0 Å². The number of hydrogen-bond donors (Lipinski definition) is 0. The van der Waals surface area contributed by atoms with Gasteiger partial charge in [-0.3, -0.25) is 0 Å². The van der Waals surface area contributed by atoms with Gasteiger partial charge in [0, 0.05) is 6.08 Å². The molecule has 0 radical (unpaired) electrons. The highest BCUT2D eigenvalue weighted by Crippen LogP contribution is 2.22. The molecule has 0 aliphatic carbocycles. The first kappa shape index (κ1) is 28.2. The summed E-state index contributed by atoms with van der Waals surface area (Å²) in [5.74, 6) is -0.209. The Hall–Kier alpha value is 0.157. The molecule has 2 nitrogen and oxygen atoms in total. The molecule has 0 aromatic rings. The zero-order chi connectivity index (χ0) is 20.9. The van der Waals surface area contributed by atoms with E-state index in [1.165, 1.54) is 108 Å². The third kappa shape index (κ3) is 24.2. The smallest absolute Gasteiger partial charge is 0.330 e. The van der Waals surface area contributed by atoms with E-state index >= 15 is 0 Å². The van der Waals surface area contributed by atoms with Crippen LogP contribution >= 0.6 is 21.8 Å². The van der Waals surface area contributed by atoms with Crippen LogP contribution in [0.1, 0.15) is 110 Å². The molecule has 0 N–H and O–H groups in total. The predicted octanol–water partition coefficient (Wildman–Crippen LogP) is 8.99. The minimum atomic E-state index is -0.823. The lowest BCUT2D eigenvalue weighted by Crippen LogP contribution is -2.13. The second-order valence-electron chi connectivity index (χ2n) is 8.79. The van der Waals surface area contributed by atoms with Crippen LogP contribution in [0.4, 0.5) is 0 Å². The van der Waals surface area contributed by atoms with Crippen molar-refractivity contribution in [2.45, 2.75) is 129 Å². The number of allylic oxidation sites excluding steroid dienone is 1. The predicted molar refractivity (Wildman–Crippen MR) is 136 cm³/mol. The van der Waals surface area contributed by atoms with E-state index in [2.05, 4.69) is 34.9 Å². The molecule has 0 amide bonds. The summed E-state index contributed by atoms with van der Waals surface area (Å²) in [5, 5.41) is 0. The van der Waals surface area contributed by atoms with Crippen molar-refractivity contribution < 1.29 is 9.53 Å². The number of unbranched alkanes of at least 4 members (excludes halogenated alkanes) is 15. The fraction of sp³-hybridized carbons (Fsp3) is 0.875.